The summed E-state index contributed by atoms with van der Waals surface area (Å²) in [5, 5.41) is 16.8. The van der Waals surface area contributed by atoms with E-state index in [4.69, 9.17) is 21.7 Å². The van der Waals surface area contributed by atoms with Crippen LogP contribution in [0.15, 0.2) is 0 Å². The Morgan fingerprint density at radius 3 is 0.804 bits per heavy atom. The van der Waals surface area contributed by atoms with Crippen LogP contribution in [0.4, 0.5) is 0 Å². The molecule has 0 saturated heterocycles. The van der Waals surface area contributed by atoms with Gasteiger partial charge in [0.25, 0.3) is 0 Å². The number of nitrogens with two attached hydrogens (primary N) is 2. The van der Waals surface area contributed by atoms with Crippen molar-refractivity contribution in [3.05, 3.63) is 0 Å². The SMILES string of the molecule is CCCCCCCCC[P+](CCCCCCCCC)(CCCCCCCCC)CCCCCCCCC.NC(CSSCC(N)C(=O)O)C(=O)O. The van der Waals surface area contributed by atoms with Gasteiger partial charge in [-0.05, 0) is 51.4 Å². The largest absolute Gasteiger partial charge is 0.480 e. The van der Waals surface area contributed by atoms with Gasteiger partial charge in [-0.15, -0.1) is 0 Å². The first-order chi connectivity index (χ1) is 24.7. The fourth-order valence-electron chi connectivity index (χ4n) is 6.67. The molecular weight excluding hydrogens is 692 g/mol. The number of unbranched alkanes of at least 4 members (excludes halogenated alkanes) is 24. The zero-order chi connectivity index (χ0) is 38.3. The molecule has 0 spiro atoms. The zero-order valence-corrected chi connectivity index (χ0v) is 36.9. The second kappa shape index (κ2) is 41.2. The van der Waals surface area contributed by atoms with Gasteiger partial charge in [-0.2, -0.15) is 0 Å². The molecule has 0 aliphatic heterocycles. The molecule has 0 saturated carbocycles. The van der Waals surface area contributed by atoms with Crippen LogP contribution in [0.2, 0.25) is 0 Å². The lowest BCUT2D eigenvalue weighted by atomic mass is 10.1. The van der Waals surface area contributed by atoms with Gasteiger partial charge >= 0.3 is 11.9 Å². The minimum absolute atomic E-state index is 0.229. The number of carbonyl (C=O) groups is 2. The van der Waals surface area contributed by atoms with Crippen molar-refractivity contribution in [1.29, 1.82) is 0 Å². The van der Waals surface area contributed by atoms with E-state index in [9.17, 15) is 9.59 Å². The quantitative estimate of drug-likeness (QED) is 0.0276. The summed E-state index contributed by atoms with van der Waals surface area (Å²) < 4.78 is 0. The highest BCUT2D eigenvalue weighted by atomic mass is 33.1. The number of hydrogen-bond acceptors (Lipinski definition) is 6. The maximum atomic E-state index is 10.3. The van der Waals surface area contributed by atoms with Gasteiger partial charge in [-0.25, -0.2) is 0 Å². The van der Waals surface area contributed by atoms with Crippen molar-refractivity contribution in [2.45, 2.75) is 220 Å². The molecule has 2 unspecified atom stereocenters. The molecule has 0 aliphatic carbocycles. The van der Waals surface area contributed by atoms with Crippen LogP contribution in [-0.2, 0) is 9.59 Å². The Bertz CT molecular complexity index is 650. The van der Waals surface area contributed by atoms with E-state index in [1.807, 2.05) is 0 Å². The Balaban J connectivity index is 0. The van der Waals surface area contributed by atoms with Crippen molar-refractivity contribution in [1.82, 2.24) is 0 Å². The normalized spacial score (nSPS) is 12.7. The average molecular weight is 780 g/mol. The number of carboxylic acid groups (broad SMARTS) is 2. The molecule has 0 aromatic carbocycles. The fourth-order valence-corrected chi connectivity index (χ4v) is 13.8. The van der Waals surface area contributed by atoms with E-state index >= 15 is 0 Å². The molecule has 0 amide bonds. The monoisotopic (exact) mass is 780 g/mol. The third-order valence-electron chi connectivity index (χ3n) is 10.2. The van der Waals surface area contributed by atoms with Crippen molar-refractivity contribution in [2.75, 3.05) is 36.2 Å². The van der Waals surface area contributed by atoms with E-state index in [1.165, 1.54) is 176 Å². The Hall–Kier alpha value is -0.0100. The van der Waals surface area contributed by atoms with Crippen molar-refractivity contribution >= 4 is 40.8 Å². The lowest BCUT2D eigenvalue weighted by Crippen LogP contribution is -2.33. The van der Waals surface area contributed by atoms with Gasteiger partial charge < -0.3 is 21.7 Å². The Labute approximate surface area is 326 Å². The topological polar surface area (TPSA) is 127 Å². The summed E-state index contributed by atoms with van der Waals surface area (Å²) in [6.45, 7) is 9.37. The van der Waals surface area contributed by atoms with Crippen molar-refractivity contribution < 1.29 is 19.8 Å². The molecule has 0 radical (unpaired) electrons. The number of carboxylic acids is 2. The summed E-state index contributed by atoms with van der Waals surface area (Å²) in [5.41, 5.74) is 10.4. The molecule has 0 heterocycles. The van der Waals surface area contributed by atoms with Crippen molar-refractivity contribution in [2.24, 2.45) is 11.5 Å². The van der Waals surface area contributed by atoms with Gasteiger partial charge in [0.2, 0.25) is 0 Å². The fraction of sp³-hybridized carbons (Fsp3) is 0.952. The molecule has 51 heavy (non-hydrogen) atoms. The van der Waals surface area contributed by atoms with Crippen LogP contribution in [-0.4, -0.2) is 70.4 Å². The van der Waals surface area contributed by atoms with Crippen LogP contribution in [0.3, 0.4) is 0 Å². The smallest absolute Gasteiger partial charge is 0.321 e. The molecule has 9 heteroatoms. The summed E-state index contributed by atoms with van der Waals surface area (Å²) in [5.74, 6) is -1.68. The number of rotatable bonds is 39. The molecule has 0 aliphatic rings. The van der Waals surface area contributed by atoms with Crippen LogP contribution >= 0.6 is 28.9 Å². The Morgan fingerprint density at radius 1 is 0.412 bits per heavy atom. The molecule has 0 aromatic rings. The molecule has 0 bridgehead atoms. The molecule has 0 fully saturated rings. The van der Waals surface area contributed by atoms with Gasteiger partial charge in [0.15, 0.2) is 0 Å². The second-order valence-electron chi connectivity index (χ2n) is 15.2. The second-order valence-corrected chi connectivity index (χ2v) is 22.2. The van der Waals surface area contributed by atoms with Crippen LogP contribution in [0.5, 0.6) is 0 Å². The van der Waals surface area contributed by atoms with Crippen LogP contribution in [0.25, 0.3) is 0 Å². The van der Waals surface area contributed by atoms with E-state index in [-0.39, 0.29) is 11.5 Å². The maximum absolute atomic E-state index is 10.3. The van der Waals surface area contributed by atoms with E-state index < -0.39 is 31.3 Å². The Kier molecular flexibility index (Phi) is 42.8. The Morgan fingerprint density at radius 2 is 0.608 bits per heavy atom. The molecular formula is C42H88N2O4PS2+. The van der Waals surface area contributed by atoms with Gasteiger partial charge in [-0.1, -0.05) is 178 Å². The predicted octanol–water partition coefficient (Wildman–Crippen LogP) is 13.2. The predicted molar refractivity (Wildman–Crippen MR) is 234 cm³/mol. The highest BCUT2D eigenvalue weighted by Gasteiger charge is 2.35. The molecule has 6 N–H and O–H groups in total. The number of aliphatic carboxylic acids is 2. The van der Waals surface area contributed by atoms with Crippen LogP contribution in [0, 0.1) is 0 Å². The average Bonchev–Trinajstić information content (AvgIpc) is 3.11. The van der Waals surface area contributed by atoms with Gasteiger partial charge in [0.05, 0.1) is 24.6 Å². The van der Waals surface area contributed by atoms with Crippen molar-refractivity contribution in [3.63, 3.8) is 0 Å². The van der Waals surface area contributed by atoms with Crippen LogP contribution in [0.1, 0.15) is 207 Å². The van der Waals surface area contributed by atoms with Gasteiger partial charge in [-0.3, -0.25) is 9.59 Å². The summed E-state index contributed by atoms with van der Waals surface area (Å²) in [7, 11) is 1.66. The first kappa shape index (κ1) is 53.1. The summed E-state index contributed by atoms with van der Waals surface area (Å²) in [4.78, 5) is 20.5. The minimum atomic E-state index is -1.07. The maximum Gasteiger partial charge on any atom is 0.321 e. The van der Waals surface area contributed by atoms with E-state index in [2.05, 4.69) is 27.7 Å². The third kappa shape index (κ3) is 38.1. The standard InChI is InChI=1S/C36H76P.C6H12N2O4S2/c1-5-9-13-17-21-25-29-33-37(34-30-26-22-18-14-10-6-2,35-31-27-23-19-15-11-7-3)36-32-28-24-20-16-12-8-4;7-3(5(9)10)1-13-14-2-4(8)6(11)12/h5-36H2,1-4H3;3-4H,1-2,7-8H2,(H,9,10)(H,11,12)/q+1;. The summed E-state index contributed by atoms with van der Waals surface area (Å²) in [6.07, 6.45) is 48.2. The van der Waals surface area contributed by atoms with E-state index in [1.54, 1.807) is 50.3 Å². The molecule has 2 atom stereocenters. The van der Waals surface area contributed by atoms with Gasteiger partial charge in [0.1, 0.15) is 12.1 Å². The molecule has 0 rings (SSSR count). The zero-order valence-electron chi connectivity index (χ0n) is 34.3. The highest BCUT2D eigenvalue weighted by molar-refractivity contribution is 8.76. The lowest BCUT2D eigenvalue weighted by molar-refractivity contribution is -0.138. The van der Waals surface area contributed by atoms with Crippen molar-refractivity contribution in [3.8, 4) is 0 Å². The first-order valence-electron chi connectivity index (χ1n) is 21.8. The van der Waals surface area contributed by atoms with Crippen LogP contribution < -0.4 is 11.5 Å². The molecule has 6 nitrogen and oxygen atoms in total. The van der Waals surface area contributed by atoms with E-state index in [0.29, 0.717) is 0 Å². The minimum Gasteiger partial charge on any atom is -0.480 e. The molecule has 0 aromatic heterocycles. The number of hydrogen-bond donors (Lipinski definition) is 4. The highest BCUT2D eigenvalue weighted by Crippen LogP contribution is 2.61. The molecule has 306 valence electrons. The lowest BCUT2D eigenvalue weighted by Gasteiger charge is -2.28. The van der Waals surface area contributed by atoms with E-state index in [0.717, 1.165) is 0 Å². The third-order valence-corrected chi connectivity index (χ3v) is 17.7. The summed E-state index contributed by atoms with van der Waals surface area (Å²) >= 11 is 0. The summed E-state index contributed by atoms with van der Waals surface area (Å²) in [6, 6.07) is -1.85. The van der Waals surface area contributed by atoms with Gasteiger partial charge in [0, 0.05) is 18.8 Å². The first-order valence-corrected chi connectivity index (χ1v) is 26.8.